The van der Waals surface area contributed by atoms with Crippen LogP contribution in [-0.2, 0) is 0 Å². The van der Waals surface area contributed by atoms with Crippen molar-refractivity contribution in [2.24, 2.45) is 4.99 Å². The van der Waals surface area contributed by atoms with Gasteiger partial charge in [-0.05, 0) is 39.7 Å². The fourth-order valence-corrected chi connectivity index (χ4v) is 5.27. The highest BCUT2D eigenvalue weighted by Gasteiger charge is 2.44. The van der Waals surface area contributed by atoms with E-state index in [1.807, 2.05) is 24.3 Å². The summed E-state index contributed by atoms with van der Waals surface area (Å²) in [6.07, 6.45) is 1.78. The Morgan fingerprint density at radius 1 is 1.42 bits per heavy atom. The summed E-state index contributed by atoms with van der Waals surface area (Å²) >= 11 is 11.7. The summed E-state index contributed by atoms with van der Waals surface area (Å²) in [5, 5.41) is 11.9. The molecule has 8 heteroatoms. The molecule has 2 aromatic rings. The van der Waals surface area contributed by atoms with Crippen LogP contribution in [0.4, 0.5) is 0 Å². The Morgan fingerprint density at radius 2 is 2.23 bits per heavy atom. The van der Waals surface area contributed by atoms with Gasteiger partial charge in [0.05, 0.1) is 18.8 Å². The number of benzene rings is 1. The van der Waals surface area contributed by atoms with Gasteiger partial charge in [-0.25, -0.2) is 0 Å². The van der Waals surface area contributed by atoms with Gasteiger partial charge < -0.3 is 14.7 Å². The molecule has 0 spiro atoms. The minimum Gasteiger partial charge on any atom is -0.503 e. The number of methoxy groups -OCH3 is 1. The molecule has 1 saturated heterocycles. The van der Waals surface area contributed by atoms with E-state index >= 15 is 0 Å². The third-order valence-electron chi connectivity index (χ3n) is 4.59. The van der Waals surface area contributed by atoms with Crippen LogP contribution in [0, 0.1) is 0 Å². The Kier molecular flexibility index (Phi) is 4.79. The number of aromatic hydroxyl groups is 1. The number of phenolic OH excluding ortho intramolecular Hbond substituents is 1. The van der Waals surface area contributed by atoms with Crippen LogP contribution in [0.5, 0.6) is 11.5 Å². The van der Waals surface area contributed by atoms with Crippen LogP contribution >= 0.6 is 39.3 Å². The molecule has 0 amide bonds. The Balaban J connectivity index is 1.86. The highest BCUT2D eigenvalue weighted by atomic mass is 79.9. The summed E-state index contributed by atoms with van der Waals surface area (Å²) in [4.78, 5) is 11.8. The number of halogens is 2. The van der Waals surface area contributed by atoms with E-state index in [-0.39, 0.29) is 22.9 Å². The normalized spacial score (nSPS) is 24.5. The summed E-state index contributed by atoms with van der Waals surface area (Å²) in [6.45, 7) is 3.09. The van der Waals surface area contributed by atoms with Gasteiger partial charge in [0.2, 0.25) is 0 Å². The van der Waals surface area contributed by atoms with Crippen molar-refractivity contribution >= 4 is 44.5 Å². The molecule has 0 unspecified atom stereocenters. The predicted octanol–water partition coefficient (Wildman–Crippen LogP) is 4.80. The minimum absolute atomic E-state index is 0.0671. The molecule has 1 fully saturated rings. The van der Waals surface area contributed by atoms with E-state index in [1.54, 1.807) is 18.0 Å². The third kappa shape index (κ3) is 2.86. The third-order valence-corrected chi connectivity index (χ3v) is 7.15. The van der Waals surface area contributed by atoms with Crippen LogP contribution < -0.4 is 4.74 Å². The Labute approximate surface area is 169 Å². The number of nitrogens with zero attached hydrogens (tertiary/aromatic N) is 3. The maximum atomic E-state index is 10.2. The number of ether oxygens (including phenoxy) is 1. The molecule has 3 atom stereocenters. The lowest BCUT2D eigenvalue weighted by Crippen LogP contribution is -2.29. The van der Waals surface area contributed by atoms with Crippen LogP contribution in [0.1, 0.15) is 30.3 Å². The predicted molar refractivity (Wildman–Crippen MR) is 108 cm³/mol. The number of fused-ring (bicyclic) bond motifs is 1. The highest BCUT2D eigenvalue weighted by Crippen LogP contribution is 2.52. The van der Waals surface area contributed by atoms with Gasteiger partial charge in [0.25, 0.3) is 0 Å². The van der Waals surface area contributed by atoms with Gasteiger partial charge in [-0.1, -0.05) is 36.4 Å². The number of phenols is 1. The van der Waals surface area contributed by atoms with Gasteiger partial charge >= 0.3 is 0 Å². The van der Waals surface area contributed by atoms with Crippen LogP contribution in [0.25, 0.3) is 0 Å². The fourth-order valence-electron chi connectivity index (χ4n) is 3.44. The first kappa shape index (κ1) is 17.9. The maximum Gasteiger partial charge on any atom is 0.177 e. The van der Waals surface area contributed by atoms with Crippen molar-refractivity contribution in [3.8, 4) is 11.5 Å². The monoisotopic (exact) mass is 453 g/mol. The molecule has 1 aromatic carbocycles. The first-order valence-electron chi connectivity index (χ1n) is 8.18. The quantitative estimate of drug-likeness (QED) is 0.722. The number of hydrogen-bond acceptors (Lipinski definition) is 6. The molecule has 3 heterocycles. The Bertz CT molecular complexity index is 880. The van der Waals surface area contributed by atoms with Crippen molar-refractivity contribution in [1.82, 2.24) is 9.88 Å². The maximum absolute atomic E-state index is 10.2. The number of thioether (sulfide) groups is 1. The zero-order valence-electron chi connectivity index (χ0n) is 14.2. The summed E-state index contributed by atoms with van der Waals surface area (Å²) in [6, 6.07) is 7.47. The summed E-state index contributed by atoms with van der Waals surface area (Å²) in [5.41, 5.74) is 1.83. The zero-order chi connectivity index (χ0) is 18.4. The average molecular weight is 455 g/mol. The number of rotatable bonds is 3. The van der Waals surface area contributed by atoms with Crippen LogP contribution in [0.2, 0.25) is 5.02 Å². The number of aliphatic imine (C=N–C) groups is 1. The lowest BCUT2D eigenvalue weighted by atomic mass is 9.96. The van der Waals surface area contributed by atoms with Crippen LogP contribution in [0.15, 0.2) is 39.9 Å². The average Bonchev–Trinajstić information content (AvgIpc) is 3.17. The molecule has 0 radical (unpaired) electrons. The molecule has 26 heavy (non-hydrogen) atoms. The van der Waals surface area contributed by atoms with Crippen molar-refractivity contribution in [2.75, 3.05) is 13.7 Å². The number of aromatic nitrogens is 1. The van der Waals surface area contributed by atoms with Gasteiger partial charge in [0.15, 0.2) is 16.7 Å². The van der Waals surface area contributed by atoms with Gasteiger partial charge in [-0.15, -0.1) is 0 Å². The van der Waals surface area contributed by atoms with E-state index in [4.69, 9.17) is 21.3 Å². The number of pyridine rings is 1. The molecular formula is C18H17BrClN3O2S. The lowest BCUT2D eigenvalue weighted by molar-refractivity contribution is 0.317. The van der Waals surface area contributed by atoms with E-state index in [2.05, 4.69) is 32.7 Å². The van der Waals surface area contributed by atoms with E-state index in [0.29, 0.717) is 15.5 Å². The van der Waals surface area contributed by atoms with Gasteiger partial charge in [0, 0.05) is 22.5 Å². The standard InChI is InChI=1S/C18H17BrClN3O2S/c1-9-8-23-16(10-7-12(25-2)17(24)14(20)13(10)19)15(22-18(23)26-9)11-5-3-4-6-21-11/h3-7,9,15-16,24H,8H2,1-2H3/t9-,15+,16-/m0/s1. The lowest BCUT2D eigenvalue weighted by Gasteiger charge is -2.29. The van der Waals surface area contributed by atoms with E-state index in [0.717, 1.165) is 23.0 Å². The smallest absolute Gasteiger partial charge is 0.177 e. The molecule has 0 bridgehead atoms. The second kappa shape index (κ2) is 6.94. The Hall–Kier alpha value is -1.44. The van der Waals surface area contributed by atoms with Gasteiger partial charge in [-0.2, -0.15) is 0 Å². The molecule has 4 rings (SSSR count). The van der Waals surface area contributed by atoms with Crippen molar-refractivity contribution in [3.63, 3.8) is 0 Å². The van der Waals surface area contributed by atoms with Crippen molar-refractivity contribution in [1.29, 1.82) is 0 Å². The SMILES string of the molecule is COc1cc([C@H]2[C@@H](c3ccccn3)N=C3S[C@@H](C)CN32)c(Br)c(Cl)c1O. The number of amidine groups is 1. The summed E-state index contributed by atoms with van der Waals surface area (Å²) < 4.78 is 5.98. The molecule has 0 saturated carbocycles. The molecule has 2 aliphatic rings. The first-order chi connectivity index (χ1) is 12.5. The van der Waals surface area contributed by atoms with Gasteiger partial charge in [0.1, 0.15) is 11.1 Å². The molecule has 136 valence electrons. The van der Waals surface area contributed by atoms with E-state index in [9.17, 15) is 5.11 Å². The first-order valence-corrected chi connectivity index (χ1v) is 10.2. The van der Waals surface area contributed by atoms with Crippen LogP contribution in [0.3, 0.4) is 0 Å². The van der Waals surface area contributed by atoms with Crippen molar-refractivity contribution in [2.45, 2.75) is 24.3 Å². The van der Waals surface area contributed by atoms with Crippen molar-refractivity contribution < 1.29 is 9.84 Å². The second-order valence-electron chi connectivity index (χ2n) is 6.28. The van der Waals surface area contributed by atoms with Crippen LogP contribution in [-0.4, -0.2) is 39.1 Å². The van der Waals surface area contributed by atoms with E-state index < -0.39 is 0 Å². The second-order valence-corrected chi connectivity index (χ2v) is 8.86. The molecule has 1 N–H and O–H groups in total. The summed E-state index contributed by atoms with van der Waals surface area (Å²) in [5.74, 6) is 0.281. The molecule has 5 nitrogen and oxygen atoms in total. The highest BCUT2D eigenvalue weighted by molar-refractivity contribution is 9.10. The number of hydrogen-bond donors (Lipinski definition) is 1. The van der Waals surface area contributed by atoms with Gasteiger partial charge in [-0.3, -0.25) is 9.98 Å². The largest absolute Gasteiger partial charge is 0.503 e. The molecule has 2 aliphatic heterocycles. The zero-order valence-corrected chi connectivity index (χ0v) is 17.3. The molecule has 0 aliphatic carbocycles. The molecular weight excluding hydrogens is 438 g/mol. The minimum atomic E-state index is -0.146. The summed E-state index contributed by atoms with van der Waals surface area (Å²) in [7, 11) is 1.52. The van der Waals surface area contributed by atoms with E-state index in [1.165, 1.54) is 7.11 Å². The fraction of sp³-hybridized carbons (Fsp3) is 0.333. The Morgan fingerprint density at radius 3 is 2.92 bits per heavy atom. The topological polar surface area (TPSA) is 58.0 Å². The van der Waals surface area contributed by atoms with Crippen molar-refractivity contribution in [3.05, 3.63) is 51.2 Å². The molecule has 1 aromatic heterocycles.